The molecule has 0 aliphatic carbocycles. The number of hydrogen-bond donors (Lipinski definition) is 1. The smallest absolute Gasteiger partial charge is 0.342 e. The summed E-state index contributed by atoms with van der Waals surface area (Å²) in [7, 11) is 3.08. The van der Waals surface area contributed by atoms with Crippen molar-refractivity contribution in [3.63, 3.8) is 0 Å². The number of aryl methyl sites for hydroxylation is 1. The van der Waals surface area contributed by atoms with Crippen molar-refractivity contribution in [3.8, 4) is 11.5 Å². The summed E-state index contributed by atoms with van der Waals surface area (Å²) < 4.78 is 33.9. The molecule has 0 amide bonds. The van der Waals surface area contributed by atoms with Crippen molar-refractivity contribution in [2.75, 3.05) is 21.0 Å². The maximum atomic E-state index is 13.1. The minimum absolute atomic E-state index is 0.00686. The van der Waals surface area contributed by atoms with E-state index in [0.29, 0.717) is 42.7 Å². The molecule has 1 saturated heterocycles. The fraction of sp³-hybridized carbons (Fsp3) is 0.625. The van der Waals surface area contributed by atoms with Gasteiger partial charge in [-0.2, -0.15) is 0 Å². The van der Waals surface area contributed by atoms with E-state index in [1.807, 2.05) is 19.9 Å². The molecular formula is C24H34O8. The molecule has 2 aliphatic rings. The molecular weight excluding hydrogens is 416 g/mol. The lowest BCUT2D eigenvalue weighted by Crippen LogP contribution is -2.34. The van der Waals surface area contributed by atoms with Crippen molar-refractivity contribution < 1.29 is 38.3 Å². The second-order valence-electron chi connectivity index (χ2n) is 8.61. The second kappa shape index (κ2) is 10.7. The summed E-state index contributed by atoms with van der Waals surface area (Å²) in [5.74, 6) is -0.301. The highest BCUT2D eigenvalue weighted by Gasteiger charge is 2.43. The second-order valence-corrected chi connectivity index (χ2v) is 8.61. The van der Waals surface area contributed by atoms with Gasteiger partial charge < -0.3 is 33.5 Å². The average Bonchev–Trinajstić information content (AvgIpc) is 3.05. The van der Waals surface area contributed by atoms with Crippen LogP contribution in [0.4, 0.5) is 0 Å². The molecule has 0 spiro atoms. The lowest BCUT2D eigenvalue weighted by atomic mass is 9.96. The summed E-state index contributed by atoms with van der Waals surface area (Å²) in [5, 5.41) is 10.7. The lowest BCUT2D eigenvalue weighted by molar-refractivity contribution is -0.152. The Hall–Kier alpha value is -2.13. The highest BCUT2D eigenvalue weighted by Crippen LogP contribution is 2.35. The van der Waals surface area contributed by atoms with Crippen molar-refractivity contribution >= 4 is 5.97 Å². The average molecular weight is 451 g/mol. The number of rotatable bonds is 4. The molecule has 1 N–H and O–H groups in total. The molecule has 2 aliphatic heterocycles. The zero-order valence-corrected chi connectivity index (χ0v) is 19.5. The molecule has 8 heteroatoms. The summed E-state index contributed by atoms with van der Waals surface area (Å²) in [5.41, 5.74) is 1.13. The largest absolute Gasteiger partial charge is 0.497 e. The summed E-state index contributed by atoms with van der Waals surface area (Å²) in [6.07, 6.45) is 3.91. The Morgan fingerprint density at radius 1 is 1.22 bits per heavy atom. The Balaban J connectivity index is 1.95. The Bertz CT molecular complexity index is 818. The fourth-order valence-corrected chi connectivity index (χ4v) is 4.11. The van der Waals surface area contributed by atoms with Crippen molar-refractivity contribution in [1.82, 2.24) is 0 Å². The summed E-state index contributed by atoms with van der Waals surface area (Å²) in [6, 6.07) is 3.49. The van der Waals surface area contributed by atoms with Crippen LogP contribution in [0.1, 0.15) is 56.0 Å². The first kappa shape index (κ1) is 24.5. The topological polar surface area (TPSA) is 92.7 Å². The van der Waals surface area contributed by atoms with E-state index in [4.69, 9.17) is 28.4 Å². The molecule has 178 valence electrons. The van der Waals surface area contributed by atoms with Crippen molar-refractivity contribution in [2.24, 2.45) is 0 Å². The van der Waals surface area contributed by atoms with Crippen molar-refractivity contribution in [2.45, 2.75) is 76.7 Å². The van der Waals surface area contributed by atoms with Crippen molar-refractivity contribution in [1.29, 1.82) is 0 Å². The quantitative estimate of drug-likeness (QED) is 0.424. The monoisotopic (exact) mass is 450 g/mol. The number of hydrogen-bond acceptors (Lipinski definition) is 8. The number of cyclic esters (lactones) is 1. The van der Waals surface area contributed by atoms with Gasteiger partial charge in [0.15, 0.2) is 12.6 Å². The summed E-state index contributed by atoms with van der Waals surface area (Å²) >= 11 is 0. The first-order valence-corrected chi connectivity index (χ1v) is 11.0. The minimum Gasteiger partial charge on any atom is -0.497 e. The SMILES string of the molecule is COCOc1cc(OC)cc2c1C(=O)O[C@@H](C)C/C=C\C(O)[C@H]1OC(C)(C)O[C@H]1CCC2. The Morgan fingerprint density at radius 2 is 2.00 bits per heavy atom. The number of aliphatic hydroxyl groups is 1. The first-order valence-electron chi connectivity index (χ1n) is 11.0. The molecule has 1 aromatic rings. The van der Waals surface area contributed by atoms with Crippen LogP contribution in [0.25, 0.3) is 0 Å². The van der Waals surface area contributed by atoms with E-state index in [-0.39, 0.29) is 12.9 Å². The fourth-order valence-electron chi connectivity index (χ4n) is 4.11. The van der Waals surface area contributed by atoms with Gasteiger partial charge in [-0.3, -0.25) is 0 Å². The van der Waals surface area contributed by atoms with E-state index >= 15 is 0 Å². The van der Waals surface area contributed by atoms with Gasteiger partial charge in [-0.15, -0.1) is 0 Å². The molecule has 1 aromatic carbocycles. The Kier molecular flexibility index (Phi) is 8.16. The molecule has 0 aromatic heterocycles. The van der Waals surface area contributed by atoms with Crippen LogP contribution in [0, 0.1) is 0 Å². The highest BCUT2D eigenvalue weighted by molar-refractivity contribution is 5.94. The molecule has 1 unspecified atom stereocenters. The van der Waals surface area contributed by atoms with Crippen molar-refractivity contribution in [3.05, 3.63) is 35.4 Å². The third-order valence-corrected chi connectivity index (χ3v) is 5.53. The van der Waals surface area contributed by atoms with Gasteiger partial charge >= 0.3 is 5.97 Å². The first-order chi connectivity index (χ1) is 15.2. The molecule has 3 rings (SSSR count). The third kappa shape index (κ3) is 6.01. The minimum atomic E-state index is -0.811. The van der Waals surface area contributed by atoms with Crippen LogP contribution < -0.4 is 9.47 Å². The predicted molar refractivity (Wildman–Crippen MR) is 117 cm³/mol. The predicted octanol–water partition coefficient (Wildman–Crippen LogP) is 3.39. The van der Waals surface area contributed by atoms with Crippen LogP contribution in [0.15, 0.2) is 24.3 Å². The van der Waals surface area contributed by atoms with Crippen LogP contribution in [-0.4, -0.2) is 62.3 Å². The highest BCUT2D eigenvalue weighted by atomic mass is 16.8. The van der Waals surface area contributed by atoms with Gasteiger partial charge in [0, 0.05) is 19.6 Å². The maximum Gasteiger partial charge on any atom is 0.342 e. The molecule has 4 atom stereocenters. The number of ether oxygens (including phenoxy) is 6. The van der Waals surface area contributed by atoms with E-state index in [0.717, 1.165) is 5.56 Å². The number of fused-ring (bicyclic) bond motifs is 2. The number of benzene rings is 1. The maximum absolute atomic E-state index is 13.1. The molecule has 0 radical (unpaired) electrons. The van der Waals surface area contributed by atoms with Gasteiger partial charge in [0.25, 0.3) is 0 Å². The normalized spacial score (nSPS) is 29.2. The zero-order chi connectivity index (χ0) is 23.3. The Morgan fingerprint density at radius 3 is 2.72 bits per heavy atom. The number of methoxy groups -OCH3 is 2. The molecule has 0 saturated carbocycles. The molecule has 8 nitrogen and oxygen atoms in total. The van der Waals surface area contributed by atoms with E-state index in [2.05, 4.69) is 0 Å². The van der Waals surface area contributed by atoms with Gasteiger partial charge in [-0.25, -0.2) is 4.79 Å². The van der Waals surface area contributed by atoms with Gasteiger partial charge in [-0.05, 0) is 51.7 Å². The lowest BCUT2D eigenvalue weighted by Gasteiger charge is -2.22. The van der Waals surface area contributed by atoms with Crippen LogP contribution in [0.5, 0.6) is 11.5 Å². The zero-order valence-electron chi connectivity index (χ0n) is 19.5. The summed E-state index contributed by atoms with van der Waals surface area (Å²) in [6.45, 7) is 5.49. The number of aliphatic hydroxyl groups excluding tert-OH is 1. The van der Waals surface area contributed by atoms with Crippen LogP contribution in [0.3, 0.4) is 0 Å². The summed E-state index contributed by atoms with van der Waals surface area (Å²) in [4.78, 5) is 13.1. The van der Waals surface area contributed by atoms with Gasteiger partial charge in [-0.1, -0.05) is 12.2 Å². The van der Waals surface area contributed by atoms with E-state index in [1.54, 1.807) is 32.3 Å². The van der Waals surface area contributed by atoms with Crippen LogP contribution >= 0.6 is 0 Å². The molecule has 0 bridgehead atoms. The van der Waals surface area contributed by atoms with Gasteiger partial charge in [0.2, 0.25) is 0 Å². The molecule has 1 fully saturated rings. The van der Waals surface area contributed by atoms with E-state index in [9.17, 15) is 9.90 Å². The number of carbonyl (C=O) groups excluding carboxylic acids is 1. The molecule has 2 heterocycles. The van der Waals surface area contributed by atoms with Crippen LogP contribution in [0.2, 0.25) is 0 Å². The number of carbonyl (C=O) groups is 1. The number of esters is 1. The van der Waals surface area contributed by atoms with Crippen LogP contribution in [-0.2, 0) is 25.4 Å². The van der Waals surface area contributed by atoms with Gasteiger partial charge in [0.1, 0.15) is 35.4 Å². The van der Waals surface area contributed by atoms with E-state index in [1.165, 1.54) is 7.11 Å². The molecule has 32 heavy (non-hydrogen) atoms. The van der Waals surface area contributed by atoms with E-state index < -0.39 is 30.1 Å². The third-order valence-electron chi connectivity index (χ3n) is 5.53. The Labute approximate surface area is 189 Å². The van der Waals surface area contributed by atoms with Gasteiger partial charge in [0.05, 0.1) is 13.2 Å². The standard InChI is InChI=1S/C24H34O8/c1-15-8-6-10-18(25)22-19(31-24(2,3)32-22)11-7-9-16-12-17(28-5)13-20(29-14-27-4)21(16)23(26)30-15/h6,10,12-13,15,18-19,22,25H,7-9,11,14H2,1-5H3/b10-6-/t15-,18?,19-,22+/m0/s1.